The second-order valence-corrected chi connectivity index (χ2v) is 5.71. The van der Waals surface area contributed by atoms with Gasteiger partial charge in [-0.25, -0.2) is 9.78 Å². The molecule has 0 atom stereocenters. The van der Waals surface area contributed by atoms with Crippen LogP contribution in [0.4, 0.5) is 16.2 Å². The van der Waals surface area contributed by atoms with Crippen molar-refractivity contribution in [2.75, 3.05) is 29.9 Å². The van der Waals surface area contributed by atoms with Crippen LogP contribution in [0.5, 0.6) is 0 Å². The number of amides is 2. The Labute approximate surface area is 136 Å². The predicted molar refractivity (Wildman–Crippen MR) is 91.9 cm³/mol. The Bertz CT molecular complexity index is 668. The maximum Gasteiger partial charge on any atom is 0.321 e. The number of fused-ring (bicyclic) bond motifs is 1. The zero-order chi connectivity index (χ0) is 16.2. The van der Waals surface area contributed by atoms with Crippen LogP contribution in [0.1, 0.15) is 24.6 Å². The summed E-state index contributed by atoms with van der Waals surface area (Å²) in [5.74, 6) is 0. The summed E-state index contributed by atoms with van der Waals surface area (Å²) in [6, 6.07) is 6.24. The van der Waals surface area contributed by atoms with E-state index in [1.54, 1.807) is 18.3 Å². The number of aromatic amines is 1. The lowest BCUT2D eigenvalue weighted by Gasteiger charge is -2.32. The van der Waals surface area contributed by atoms with Crippen molar-refractivity contribution in [1.29, 1.82) is 0 Å². The summed E-state index contributed by atoms with van der Waals surface area (Å²) in [5.41, 5.74) is 4.59. The van der Waals surface area contributed by atoms with Gasteiger partial charge in [0, 0.05) is 37.7 Å². The molecule has 2 aromatic rings. The number of hydrogen-bond donors (Lipinski definition) is 2. The Morgan fingerprint density at radius 3 is 3.04 bits per heavy atom. The molecule has 1 aliphatic heterocycles. The van der Waals surface area contributed by atoms with Crippen LogP contribution in [0.2, 0.25) is 0 Å². The molecular formula is C17H23N5O. The van der Waals surface area contributed by atoms with Crippen LogP contribution in [0, 0.1) is 0 Å². The Balaban J connectivity index is 1.91. The second kappa shape index (κ2) is 6.73. The number of carbonyl (C=O) groups is 1. The first-order valence-corrected chi connectivity index (χ1v) is 8.07. The molecule has 23 heavy (non-hydrogen) atoms. The van der Waals surface area contributed by atoms with E-state index in [1.807, 2.05) is 19.2 Å². The number of urea groups is 1. The third-order valence-electron chi connectivity index (χ3n) is 4.29. The van der Waals surface area contributed by atoms with E-state index in [1.165, 1.54) is 11.3 Å². The van der Waals surface area contributed by atoms with Crippen LogP contribution >= 0.6 is 0 Å². The highest BCUT2D eigenvalue weighted by Crippen LogP contribution is 2.32. The lowest BCUT2D eigenvalue weighted by atomic mass is 10.0. The monoisotopic (exact) mass is 313 g/mol. The fraction of sp³-hybridized carbons (Fsp3) is 0.412. The number of aromatic nitrogens is 2. The molecule has 122 valence electrons. The number of H-pyrrole nitrogens is 1. The number of aryl methyl sites for hydroxylation is 1. The van der Waals surface area contributed by atoms with E-state index in [-0.39, 0.29) is 6.03 Å². The minimum atomic E-state index is -0.0802. The second-order valence-electron chi connectivity index (χ2n) is 5.71. The van der Waals surface area contributed by atoms with Gasteiger partial charge in [-0.15, -0.1) is 0 Å². The fourth-order valence-corrected chi connectivity index (χ4v) is 3.13. The van der Waals surface area contributed by atoms with E-state index >= 15 is 0 Å². The summed E-state index contributed by atoms with van der Waals surface area (Å²) in [6.07, 6.45) is 5.80. The smallest absolute Gasteiger partial charge is 0.321 e. The summed E-state index contributed by atoms with van der Waals surface area (Å²) in [6.45, 7) is 4.44. The number of carbonyl (C=O) groups excluding carboxylic acids is 1. The third-order valence-corrected chi connectivity index (χ3v) is 4.29. The standard InChI is InChI=1S/C17H23N5O/c1-3-22(17(23)18-2)15-7-6-13-5-4-8-21(16(13)9-15)11-14-10-19-12-20-14/h6-7,9-10,12H,3-5,8,11H2,1-2H3,(H,18,23)(H,19,20). The van der Waals surface area contributed by atoms with Gasteiger partial charge in [0.1, 0.15) is 0 Å². The molecule has 1 aromatic carbocycles. The maximum atomic E-state index is 12.0. The van der Waals surface area contributed by atoms with Gasteiger partial charge in [-0.05, 0) is 37.5 Å². The zero-order valence-electron chi connectivity index (χ0n) is 13.7. The summed E-state index contributed by atoms with van der Waals surface area (Å²) in [5, 5.41) is 2.70. The van der Waals surface area contributed by atoms with Gasteiger partial charge in [-0.2, -0.15) is 0 Å². The largest absolute Gasteiger partial charge is 0.365 e. The minimum Gasteiger partial charge on any atom is -0.365 e. The number of benzene rings is 1. The molecule has 0 unspecified atom stereocenters. The maximum absolute atomic E-state index is 12.0. The molecule has 0 saturated carbocycles. The van der Waals surface area contributed by atoms with Crippen LogP contribution < -0.4 is 15.1 Å². The van der Waals surface area contributed by atoms with Gasteiger partial charge in [-0.1, -0.05) is 6.07 Å². The van der Waals surface area contributed by atoms with Crippen molar-refractivity contribution in [3.05, 3.63) is 42.0 Å². The van der Waals surface area contributed by atoms with Crippen LogP contribution in [0.15, 0.2) is 30.7 Å². The number of rotatable bonds is 4. The van der Waals surface area contributed by atoms with E-state index < -0.39 is 0 Å². The van der Waals surface area contributed by atoms with E-state index in [9.17, 15) is 4.79 Å². The Morgan fingerprint density at radius 2 is 2.35 bits per heavy atom. The Kier molecular flexibility index (Phi) is 4.50. The highest BCUT2D eigenvalue weighted by molar-refractivity contribution is 5.92. The molecule has 2 N–H and O–H groups in total. The molecular weight excluding hydrogens is 290 g/mol. The lowest BCUT2D eigenvalue weighted by Crippen LogP contribution is -2.38. The van der Waals surface area contributed by atoms with Crippen molar-refractivity contribution in [2.24, 2.45) is 0 Å². The van der Waals surface area contributed by atoms with Crippen molar-refractivity contribution in [3.8, 4) is 0 Å². The van der Waals surface area contributed by atoms with E-state index in [0.29, 0.717) is 6.54 Å². The van der Waals surface area contributed by atoms with Crippen molar-refractivity contribution >= 4 is 17.4 Å². The molecule has 1 aliphatic rings. The van der Waals surface area contributed by atoms with E-state index in [4.69, 9.17) is 0 Å². The van der Waals surface area contributed by atoms with Gasteiger partial charge < -0.3 is 15.2 Å². The van der Waals surface area contributed by atoms with Crippen LogP contribution in [-0.2, 0) is 13.0 Å². The van der Waals surface area contributed by atoms with Gasteiger partial charge >= 0.3 is 6.03 Å². The fourth-order valence-electron chi connectivity index (χ4n) is 3.13. The number of nitrogens with zero attached hydrogens (tertiary/aromatic N) is 3. The highest BCUT2D eigenvalue weighted by Gasteiger charge is 2.20. The van der Waals surface area contributed by atoms with Gasteiger partial charge in [0.15, 0.2) is 0 Å². The first-order valence-electron chi connectivity index (χ1n) is 8.07. The summed E-state index contributed by atoms with van der Waals surface area (Å²) < 4.78 is 0. The third kappa shape index (κ3) is 3.16. The van der Waals surface area contributed by atoms with Crippen molar-refractivity contribution in [3.63, 3.8) is 0 Å². The molecule has 6 heteroatoms. The van der Waals surface area contributed by atoms with Crippen LogP contribution in [0.25, 0.3) is 0 Å². The first kappa shape index (κ1) is 15.4. The lowest BCUT2D eigenvalue weighted by molar-refractivity contribution is 0.248. The molecule has 2 amide bonds. The van der Waals surface area contributed by atoms with Gasteiger partial charge in [0.25, 0.3) is 0 Å². The average Bonchev–Trinajstić information content (AvgIpc) is 3.09. The first-order chi connectivity index (χ1) is 11.2. The molecule has 0 radical (unpaired) electrons. The van der Waals surface area contributed by atoms with Gasteiger partial charge in [-0.3, -0.25) is 4.90 Å². The van der Waals surface area contributed by atoms with Gasteiger partial charge in [0.05, 0.1) is 18.6 Å². The minimum absolute atomic E-state index is 0.0802. The SMILES string of the molecule is CCN(C(=O)NC)c1ccc2c(c1)N(Cc1cnc[nH]1)CCC2. The van der Waals surface area contributed by atoms with Crippen molar-refractivity contribution in [2.45, 2.75) is 26.3 Å². The zero-order valence-corrected chi connectivity index (χ0v) is 13.7. The molecule has 0 spiro atoms. The van der Waals surface area contributed by atoms with Crippen molar-refractivity contribution in [1.82, 2.24) is 15.3 Å². The number of hydrogen-bond acceptors (Lipinski definition) is 3. The predicted octanol–water partition coefficient (Wildman–Crippen LogP) is 2.53. The van der Waals surface area contributed by atoms with Crippen LogP contribution in [0.3, 0.4) is 0 Å². The quantitative estimate of drug-likeness (QED) is 0.911. The molecule has 1 aromatic heterocycles. The molecule has 0 bridgehead atoms. The number of anilines is 2. The number of imidazole rings is 1. The topological polar surface area (TPSA) is 64.3 Å². The summed E-state index contributed by atoms with van der Waals surface area (Å²) in [4.78, 5) is 23.4. The van der Waals surface area contributed by atoms with E-state index in [2.05, 4.69) is 32.3 Å². The molecule has 2 heterocycles. The van der Waals surface area contributed by atoms with Gasteiger partial charge in [0.2, 0.25) is 0 Å². The summed E-state index contributed by atoms with van der Waals surface area (Å²) in [7, 11) is 1.66. The average molecular weight is 313 g/mol. The van der Waals surface area contributed by atoms with Crippen molar-refractivity contribution < 1.29 is 4.79 Å². The number of nitrogens with one attached hydrogen (secondary N) is 2. The highest BCUT2D eigenvalue weighted by atomic mass is 16.2. The normalized spacial score (nSPS) is 13.6. The van der Waals surface area contributed by atoms with Crippen LogP contribution in [-0.4, -0.2) is 36.1 Å². The van der Waals surface area contributed by atoms with E-state index in [0.717, 1.165) is 37.3 Å². The molecule has 0 saturated heterocycles. The summed E-state index contributed by atoms with van der Waals surface area (Å²) >= 11 is 0. The molecule has 0 aliphatic carbocycles. The molecule has 3 rings (SSSR count). The Hall–Kier alpha value is -2.50. The molecule has 0 fully saturated rings. The molecule has 6 nitrogen and oxygen atoms in total. The Morgan fingerprint density at radius 1 is 1.48 bits per heavy atom.